The molecular weight excluding hydrogens is 494 g/mol. The highest BCUT2D eigenvalue weighted by Gasteiger charge is 2.37. The van der Waals surface area contributed by atoms with Crippen molar-refractivity contribution in [3.05, 3.63) is 69.2 Å². The molecule has 1 N–H and O–H groups in total. The van der Waals surface area contributed by atoms with E-state index in [0.717, 1.165) is 50.3 Å². The van der Waals surface area contributed by atoms with Crippen molar-refractivity contribution >= 4 is 56.8 Å². The first-order chi connectivity index (χ1) is 16.0. The van der Waals surface area contributed by atoms with E-state index in [1.54, 1.807) is 30.3 Å². The van der Waals surface area contributed by atoms with Gasteiger partial charge in [-0.05, 0) is 93.3 Å². The lowest BCUT2D eigenvalue weighted by molar-refractivity contribution is -0.122. The van der Waals surface area contributed by atoms with Gasteiger partial charge in [-0.3, -0.25) is 14.9 Å². The van der Waals surface area contributed by atoms with Crippen molar-refractivity contribution < 1.29 is 14.4 Å². The minimum atomic E-state index is -0.757. The fourth-order valence-electron chi connectivity index (χ4n) is 4.67. The SMILES string of the molecule is CCCN1c2cc(C)c(/C=C3/C(=O)NC(=O)N(c4ccc(Br)cc4)C3=O)cc2C(C)=CC1(C)C. The first kappa shape index (κ1) is 24.0. The van der Waals surface area contributed by atoms with E-state index in [1.165, 1.54) is 0 Å². The zero-order chi connectivity index (χ0) is 24.8. The van der Waals surface area contributed by atoms with Gasteiger partial charge in [0.2, 0.25) is 0 Å². The first-order valence-corrected chi connectivity index (χ1v) is 12.1. The molecule has 176 valence electrons. The third-order valence-electron chi connectivity index (χ3n) is 6.30. The number of nitrogens with zero attached hydrogens (tertiary/aromatic N) is 2. The third kappa shape index (κ3) is 4.20. The summed E-state index contributed by atoms with van der Waals surface area (Å²) >= 11 is 3.35. The van der Waals surface area contributed by atoms with Gasteiger partial charge in [-0.25, -0.2) is 9.69 Å². The Kier molecular flexibility index (Phi) is 6.25. The third-order valence-corrected chi connectivity index (χ3v) is 6.83. The molecule has 0 spiro atoms. The molecule has 2 aromatic carbocycles. The number of aryl methyl sites for hydroxylation is 1. The van der Waals surface area contributed by atoms with Crippen LogP contribution in [0.3, 0.4) is 0 Å². The van der Waals surface area contributed by atoms with E-state index in [-0.39, 0.29) is 11.1 Å². The lowest BCUT2D eigenvalue weighted by atomic mass is 9.86. The molecule has 6 nitrogen and oxygen atoms in total. The Morgan fingerprint density at radius 1 is 1.06 bits per heavy atom. The maximum absolute atomic E-state index is 13.3. The summed E-state index contributed by atoms with van der Waals surface area (Å²) in [6.07, 6.45) is 4.86. The minimum absolute atomic E-state index is 0.0752. The normalized spacial score (nSPS) is 18.7. The summed E-state index contributed by atoms with van der Waals surface area (Å²) in [7, 11) is 0. The van der Waals surface area contributed by atoms with Crippen molar-refractivity contribution in [2.45, 2.75) is 46.6 Å². The van der Waals surface area contributed by atoms with Gasteiger partial charge >= 0.3 is 6.03 Å². The summed E-state index contributed by atoms with van der Waals surface area (Å²) in [5, 5.41) is 2.30. The van der Waals surface area contributed by atoms with Crippen LogP contribution in [0, 0.1) is 6.92 Å². The van der Waals surface area contributed by atoms with Gasteiger partial charge in [0.15, 0.2) is 0 Å². The molecule has 0 unspecified atom stereocenters. The molecule has 7 heteroatoms. The quantitative estimate of drug-likeness (QED) is 0.405. The molecule has 2 aromatic rings. The highest BCUT2D eigenvalue weighted by Crippen LogP contribution is 2.41. The predicted octanol–water partition coefficient (Wildman–Crippen LogP) is 5.84. The number of imide groups is 2. The molecule has 2 aliphatic rings. The van der Waals surface area contributed by atoms with Gasteiger partial charge in [-0.15, -0.1) is 0 Å². The number of rotatable bonds is 4. The minimum Gasteiger partial charge on any atom is -0.362 e. The summed E-state index contributed by atoms with van der Waals surface area (Å²) in [4.78, 5) is 41.8. The van der Waals surface area contributed by atoms with E-state index in [9.17, 15) is 14.4 Å². The summed E-state index contributed by atoms with van der Waals surface area (Å²) in [5.41, 5.74) is 5.31. The Morgan fingerprint density at radius 3 is 2.38 bits per heavy atom. The molecule has 0 aromatic heterocycles. The predicted molar refractivity (Wildman–Crippen MR) is 140 cm³/mol. The maximum Gasteiger partial charge on any atom is 0.335 e. The zero-order valence-corrected chi connectivity index (χ0v) is 21.6. The van der Waals surface area contributed by atoms with Gasteiger partial charge < -0.3 is 4.90 Å². The molecule has 1 fully saturated rings. The fourth-order valence-corrected chi connectivity index (χ4v) is 4.93. The zero-order valence-electron chi connectivity index (χ0n) is 20.0. The van der Waals surface area contributed by atoms with E-state index in [4.69, 9.17) is 0 Å². The number of nitrogens with one attached hydrogen (secondary N) is 1. The van der Waals surface area contributed by atoms with E-state index >= 15 is 0 Å². The Morgan fingerprint density at radius 2 is 1.74 bits per heavy atom. The smallest absolute Gasteiger partial charge is 0.335 e. The van der Waals surface area contributed by atoms with Crippen molar-refractivity contribution in [2.24, 2.45) is 0 Å². The van der Waals surface area contributed by atoms with E-state index in [2.05, 4.69) is 66.0 Å². The molecule has 0 saturated carbocycles. The largest absolute Gasteiger partial charge is 0.362 e. The Labute approximate surface area is 208 Å². The standard InChI is InChI=1S/C27H28BrN3O3/c1-6-11-30-23-12-16(2)18(13-21(23)17(3)15-27(30,4)5)14-22-24(32)29-26(34)31(25(22)33)20-9-7-19(28)8-10-20/h7-10,12-15H,6,11H2,1-5H3,(H,29,32,34)/b22-14-. The van der Waals surface area contributed by atoms with Crippen LogP contribution >= 0.6 is 15.9 Å². The van der Waals surface area contributed by atoms with Crippen molar-refractivity contribution in [1.82, 2.24) is 5.32 Å². The van der Waals surface area contributed by atoms with E-state index in [1.807, 2.05) is 13.0 Å². The second-order valence-corrected chi connectivity index (χ2v) is 10.2. The van der Waals surface area contributed by atoms with Gasteiger partial charge in [-0.1, -0.05) is 28.9 Å². The highest BCUT2D eigenvalue weighted by atomic mass is 79.9. The number of carbonyl (C=O) groups excluding carboxylic acids is 3. The highest BCUT2D eigenvalue weighted by molar-refractivity contribution is 9.10. The van der Waals surface area contributed by atoms with Crippen LogP contribution in [-0.4, -0.2) is 29.9 Å². The van der Waals surface area contributed by atoms with Crippen molar-refractivity contribution in [1.29, 1.82) is 0 Å². The van der Waals surface area contributed by atoms with Crippen LogP contribution in [0.1, 0.15) is 50.8 Å². The van der Waals surface area contributed by atoms with Crippen molar-refractivity contribution in [3.63, 3.8) is 0 Å². The van der Waals surface area contributed by atoms with Crippen LogP contribution in [0.4, 0.5) is 16.2 Å². The van der Waals surface area contributed by atoms with E-state index < -0.39 is 17.8 Å². The summed E-state index contributed by atoms with van der Waals surface area (Å²) in [6.45, 7) is 11.6. The number of urea groups is 1. The topological polar surface area (TPSA) is 69.7 Å². The number of allylic oxidation sites excluding steroid dienone is 1. The van der Waals surface area contributed by atoms with E-state index in [0.29, 0.717) is 5.69 Å². The fraction of sp³-hybridized carbons (Fsp3) is 0.296. The van der Waals surface area contributed by atoms with Gasteiger partial charge in [0.25, 0.3) is 11.8 Å². The Hall–Kier alpha value is -3.19. The number of fused-ring (bicyclic) bond motifs is 1. The van der Waals surface area contributed by atoms with Gasteiger partial charge in [-0.2, -0.15) is 0 Å². The molecule has 34 heavy (non-hydrogen) atoms. The van der Waals surface area contributed by atoms with Crippen molar-refractivity contribution in [2.75, 3.05) is 16.3 Å². The second kappa shape index (κ2) is 8.87. The Bertz CT molecular complexity index is 1260. The lowest BCUT2D eigenvalue weighted by Crippen LogP contribution is -2.54. The number of halogens is 1. The molecule has 4 amide bonds. The lowest BCUT2D eigenvalue weighted by Gasteiger charge is -2.43. The molecular formula is C27H28BrN3O3. The Balaban J connectivity index is 1.78. The van der Waals surface area contributed by atoms with Crippen LogP contribution in [0.5, 0.6) is 0 Å². The number of benzene rings is 2. The van der Waals surface area contributed by atoms with Gasteiger partial charge in [0.1, 0.15) is 5.57 Å². The first-order valence-electron chi connectivity index (χ1n) is 11.3. The number of amides is 4. The number of barbiturate groups is 1. The summed E-state index contributed by atoms with van der Waals surface area (Å²) < 4.78 is 0.821. The molecule has 0 radical (unpaired) electrons. The molecule has 4 rings (SSSR count). The average molecular weight is 522 g/mol. The second-order valence-electron chi connectivity index (χ2n) is 9.29. The number of hydrogen-bond donors (Lipinski definition) is 1. The monoisotopic (exact) mass is 521 g/mol. The summed E-state index contributed by atoms with van der Waals surface area (Å²) in [5.74, 6) is -1.34. The summed E-state index contributed by atoms with van der Waals surface area (Å²) in [6, 6.07) is 10.2. The van der Waals surface area contributed by atoms with Gasteiger partial charge in [0, 0.05) is 22.3 Å². The maximum atomic E-state index is 13.3. The molecule has 1 saturated heterocycles. The molecule has 2 aliphatic heterocycles. The van der Waals surface area contributed by atoms with Crippen molar-refractivity contribution in [3.8, 4) is 0 Å². The average Bonchev–Trinajstić information content (AvgIpc) is 2.75. The molecule has 0 bridgehead atoms. The number of anilines is 2. The van der Waals surface area contributed by atoms with Crippen LogP contribution in [0.25, 0.3) is 11.6 Å². The van der Waals surface area contributed by atoms with Crippen LogP contribution in [-0.2, 0) is 9.59 Å². The number of carbonyl (C=O) groups is 3. The van der Waals surface area contributed by atoms with Crippen LogP contribution in [0.15, 0.2) is 52.5 Å². The van der Waals surface area contributed by atoms with Crippen LogP contribution in [0.2, 0.25) is 0 Å². The van der Waals surface area contributed by atoms with Crippen LogP contribution < -0.4 is 15.1 Å². The molecule has 0 atom stereocenters. The number of hydrogen-bond acceptors (Lipinski definition) is 4. The molecule has 0 aliphatic carbocycles. The molecule has 2 heterocycles. The van der Waals surface area contributed by atoms with Gasteiger partial charge in [0.05, 0.1) is 11.2 Å².